The highest BCUT2D eigenvalue weighted by molar-refractivity contribution is 7.14. The molecule has 1 aromatic carbocycles. The highest BCUT2D eigenvalue weighted by atomic mass is 32.1. The summed E-state index contributed by atoms with van der Waals surface area (Å²) in [6.07, 6.45) is 1.70. The fraction of sp³-hybridized carbons (Fsp3) is 0.400. The molecule has 1 aromatic heterocycles. The Kier molecular flexibility index (Phi) is 7.24. The van der Waals surface area contributed by atoms with Crippen LogP contribution in [0.15, 0.2) is 24.3 Å². The molecule has 27 heavy (non-hydrogen) atoms. The van der Waals surface area contributed by atoms with E-state index >= 15 is 0 Å². The molecule has 0 fully saturated rings. The minimum atomic E-state index is -0.996. The van der Waals surface area contributed by atoms with Crippen LogP contribution in [0.3, 0.4) is 0 Å². The number of carbonyl (C=O) groups excluding carboxylic acids is 1. The van der Waals surface area contributed by atoms with Gasteiger partial charge in [0.2, 0.25) is 0 Å². The summed E-state index contributed by atoms with van der Waals surface area (Å²) in [5, 5.41) is 12.1. The van der Waals surface area contributed by atoms with Crippen LogP contribution in [-0.2, 0) is 11.2 Å². The molecule has 1 amide bonds. The molecule has 0 aliphatic carbocycles. The van der Waals surface area contributed by atoms with Gasteiger partial charge in [0.15, 0.2) is 11.5 Å². The Morgan fingerprint density at radius 3 is 2.48 bits per heavy atom. The molecular formula is C20H25NO5S. The Morgan fingerprint density at radius 1 is 1.19 bits per heavy atom. The van der Waals surface area contributed by atoms with Gasteiger partial charge in [-0.1, -0.05) is 19.4 Å². The first-order valence-electron chi connectivity index (χ1n) is 8.73. The lowest BCUT2D eigenvalue weighted by molar-refractivity contribution is -0.137. The van der Waals surface area contributed by atoms with Gasteiger partial charge in [0.05, 0.1) is 31.6 Å². The summed E-state index contributed by atoms with van der Waals surface area (Å²) < 4.78 is 10.5. The van der Waals surface area contributed by atoms with Crippen molar-refractivity contribution in [3.63, 3.8) is 0 Å². The maximum Gasteiger partial charge on any atom is 0.305 e. The molecule has 146 valence electrons. The number of methoxy groups -OCH3 is 2. The zero-order valence-electron chi connectivity index (χ0n) is 16.0. The van der Waals surface area contributed by atoms with Gasteiger partial charge in [-0.15, -0.1) is 11.3 Å². The number of nitrogens with one attached hydrogen (secondary N) is 1. The standard InChI is InChI=1S/C20H25NO5S/c1-5-6-13-10-18(27-12(13)2)20(24)21-15(11-19(22)23)14-7-8-16(25-3)17(9-14)26-4/h7-10,15H,5-6,11H2,1-4H3,(H,21,24)(H,22,23). The summed E-state index contributed by atoms with van der Waals surface area (Å²) in [4.78, 5) is 25.7. The quantitative estimate of drug-likeness (QED) is 0.676. The van der Waals surface area contributed by atoms with E-state index < -0.39 is 12.0 Å². The number of amides is 1. The van der Waals surface area contributed by atoms with Gasteiger partial charge in [0.1, 0.15) is 0 Å². The lowest BCUT2D eigenvalue weighted by Crippen LogP contribution is -2.29. The topological polar surface area (TPSA) is 84.9 Å². The lowest BCUT2D eigenvalue weighted by atomic mass is 10.0. The molecule has 1 heterocycles. The Hall–Kier alpha value is -2.54. The van der Waals surface area contributed by atoms with Crippen LogP contribution in [0.1, 0.15) is 51.5 Å². The van der Waals surface area contributed by atoms with E-state index in [1.165, 1.54) is 25.6 Å². The molecule has 2 N–H and O–H groups in total. The molecule has 0 aliphatic rings. The zero-order valence-corrected chi connectivity index (χ0v) is 16.8. The smallest absolute Gasteiger partial charge is 0.305 e. The van der Waals surface area contributed by atoms with E-state index in [-0.39, 0.29) is 12.3 Å². The third-order valence-corrected chi connectivity index (χ3v) is 5.35. The second-order valence-corrected chi connectivity index (χ2v) is 7.44. The minimum Gasteiger partial charge on any atom is -0.493 e. The van der Waals surface area contributed by atoms with Crippen molar-refractivity contribution in [2.75, 3.05) is 14.2 Å². The summed E-state index contributed by atoms with van der Waals surface area (Å²) in [5.74, 6) is -0.243. The molecule has 0 aliphatic heterocycles. The molecule has 0 radical (unpaired) electrons. The van der Waals surface area contributed by atoms with E-state index in [4.69, 9.17) is 9.47 Å². The van der Waals surface area contributed by atoms with Crippen LogP contribution in [0.5, 0.6) is 11.5 Å². The van der Waals surface area contributed by atoms with Crippen LogP contribution in [0, 0.1) is 6.92 Å². The van der Waals surface area contributed by atoms with Gasteiger partial charge in [0, 0.05) is 4.88 Å². The summed E-state index contributed by atoms with van der Waals surface area (Å²) in [7, 11) is 3.04. The van der Waals surface area contributed by atoms with Gasteiger partial charge in [-0.25, -0.2) is 0 Å². The summed E-state index contributed by atoms with van der Waals surface area (Å²) in [6, 6.07) is 6.34. The first-order valence-corrected chi connectivity index (χ1v) is 9.55. The predicted molar refractivity (Wildman–Crippen MR) is 105 cm³/mol. The van der Waals surface area contributed by atoms with Crippen molar-refractivity contribution in [1.29, 1.82) is 0 Å². The van der Waals surface area contributed by atoms with Gasteiger partial charge < -0.3 is 19.9 Å². The molecule has 1 atom stereocenters. The first-order chi connectivity index (χ1) is 12.9. The Balaban J connectivity index is 2.27. The zero-order chi connectivity index (χ0) is 20.0. The molecule has 2 rings (SSSR count). The van der Waals surface area contributed by atoms with Gasteiger partial charge in [-0.05, 0) is 42.7 Å². The fourth-order valence-corrected chi connectivity index (χ4v) is 3.85. The summed E-state index contributed by atoms with van der Waals surface area (Å²) >= 11 is 1.43. The van der Waals surface area contributed by atoms with E-state index in [0.29, 0.717) is 21.9 Å². The number of aliphatic carboxylic acids is 1. The van der Waals surface area contributed by atoms with Crippen LogP contribution in [0.25, 0.3) is 0 Å². The third-order valence-electron chi connectivity index (χ3n) is 4.26. The second kappa shape index (κ2) is 9.41. The normalized spacial score (nSPS) is 11.7. The predicted octanol–water partition coefficient (Wildman–Crippen LogP) is 3.97. The van der Waals surface area contributed by atoms with Crippen molar-refractivity contribution < 1.29 is 24.2 Å². The SMILES string of the molecule is CCCc1cc(C(=O)NC(CC(=O)O)c2ccc(OC)c(OC)c2)sc1C. The molecule has 2 aromatic rings. The Morgan fingerprint density at radius 2 is 1.89 bits per heavy atom. The van der Waals surface area contributed by atoms with Gasteiger partial charge in [0.25, 0.3) is 5.91 Å². The van der Waals surface area contributed by atoms with Crippen LogP contribution < -0.4 is 14.8 Å². The van der Waals surface area contributed by atoms with Crippen molar-refractivity contribution in [2.45, 2.75) is 39.2 Å². The number of rotatable bonds is 9. The van der Waals surface area contributed by atoms with Crippen molar-refractivity contribution in [3.05, 3.63) is 45.1 Å². The average Bonchev–Trinajstić information content (AvgIpc) is 3.01. The van der Waals surface area contributed by atoms with Crippen LogP contribution in [0.2, 0.25) is 0 Å². The maximum absolute atomic E-state index is 12.7. The molecule has 0 saturated heterocycles. The number of thiophene rings is 1. The van der Waals surface area contributed by atoms with Gasteiger partial charge in [-0.2, -0.15) is 0 Å². The molecule has 0 saturated carbocycles. The highest BCUT2D eigenvalue weighted by Gasteiger charge is 2.22. The molecule has 7 heteroatoms. The largest absolute Gasteiger partial charge is 0.493 e. The number of benzene rings is 1. The van der Waals surface area contributed by atoms with Crippen molar-refractivity contribution in [2.24, 2.45) is 0 Å². The highest BCUT2D eigenvalue weighted by Crippen LogP contribution is 2.31. The van der Waals surface area contributed by atoms with Gasteiger partial charge >= 0.3 is 5.97 Å². The van der Waals surface area contributed by atoms with E-state index in [0.717, 1.165) is 23.3 Å². The summed E-state index contributed by atoms with van der Waals surface area (Å²) in [5.41, 5.74) is 1.80. The Labute approximate surface area is 163 Å². The lowest BCUT2D eigenvalue weighted by Gasteiger charge is -2.18. The molecule has 0 spiro atoms. The number of hydrogen-bond donors (Lipinski definition) is 2. The van der Waals surface area contributed by atoms with E-state index in [2.05, 4.69) is 12.2 Å². The van der Waals surface area contributed by atoms with Crippen LogP contribution in [-0.4, -0.2) is 31.2 Å². The fourth-order valence-electron chi connectivity index (χ4n) is 2.88. The molecule has 1 unspecified atom stereocenters. The van der Waals surface area contributed by atoms with E-state index in [9.17, 15) is 14.7 Å². The molecule has 0 bridgehead atoms. The number of carboxylic acid groups (broad SMARTS) is 1. The maximum atomic E-state index is 12.7. The molecular weight excluding hydrogens is 366 g/mol. The van der Waals surface area contributed by atoms with Crippen LogP contribution in [0.4, 0.5) is 0 Å². The third kappa shape index (κ3) is 5.23. The average molecular weight is 391 g/mol. The monoisotopic (exact) mass is 391 g/mol. The number of carbonyl (C=O) groups is 2. The second-order valence-electron chi connectivity index (χ2n) is 6.18. The first kappa shape index (κ1) is 20.8. The Bertz CT molecular complexity index is 815. The van der Waals surface area contributed by atoms with Crippen molar-refractivity contribution >= 4 is 23.2 Å². The summed E-state index contributed by atoms with van der Waals surface area (Å²) in [6.45, 7) is 4.09. The van der Waals surface area contributed by atoms with Crippen LogP contribution >= 0.6 is 11.3 Å². The number of ether oxygens (including phenoxy) is 2. The number of hydrogen-bond acceptors (Lipinski definition) is 5. The van der Waals surface area contributed by atoms with E-state index in [1.54, 1.807) is 18.2 Å². The molecule has 6 nitrogen and oxygen atoms in total. The van der Waals surface area contributed by atoms with Crippen molar-refractivity contribution in [3.8, 4) is 11.5 Å². The van der Waals surface area contributed by atoms with Gasteiger partial charge in [-0.3, -0.25) is 9.59 Å². The number of aryl methyl sites for hydroxylation is 2. The van der Waals surface area contributed by atoms with Crippen molar-refractivity contribution in [1.82, 2.24) is 5.32 Å². The van der Waals surface area contributed by atoms with E-state index in [1.807, 2.05) is 13.0 Å². The minimum absolute atomic E-state index is 0.229. The number of carboxylic acids is 1.